The van der Waals surface area contributed by atoms with Crippen LogP contribution in [0.2, 0.25) is 0 Å². The molecule has 1 fully saturated rings. The molecule has 0 aromatic heterocycles. The van der Waals surface area contributed by atoms with Gasteiger partial charge in [-0.25, -0.2) is 9.18 Å². The second-order valence-corrected chi connectivity index (χ2v) is 5.73. The molecule has 0 radical (unpaired) electrons. The number of hydrogen-bond donors (Lipinski definition) is 1. The maximum absolute atomic E-state index is 13.6. The van der Waals surface area contributed by atoms with Crippen molar-refractivity contribution in [2.24, 2.45) is 0 Å². The molecule has 0 aliphatic carbocycles. The Morgan fingerprint density at radius 1 is 1.38 bits per heavy atom. The molecule has 21 heavy (non-hydrogen) atoms. The maximum atomic E-state index is 13.6. The van der Waals surface area contributed by atoms with Crippen molar-refractivity contribution >= 4 is 11.7 Å². The molecular formula is C16H23FN2O2. The van der Waals surface area contributed by atoms with E-state index < -0.39 is 11.8 Å². The van der Waals surface area contributed by atoms with Gasteiger partial charge in [-0.05, 0) is 44.9 Å². The number of likely N-dealkylation sites (tertiary alicyclic amines) is 1. The fourth-order valence-electron chi connectivity index (χ4n) is 2.68. The fourth-order valence-corrected chi connectivity index (χ4v) is 2.68. The molecule has 0 atom stereocenters. The van der Waals surface area contributed by atoms with E-state index in [1.54, 1.807) is 6.07 Å². The lowest BCUT2D eigenvalue weighted by Crippen LogP contribution is -2.42. The predicted octanol–water partition coefficient (Wildman–Crippen LogP) is 2.90. The van der Waals surface area contributed by atoms with E-state index in [1.807, 2.05) is 0 Å². The SMILES string of the molecule is COC(=O)c1cc(NC2CCN(C(C)C)CC2)ccc1F. The topological polar surface area (TPSA) is 41.6 Å². The lowest BCUT2D eigenvalue weighted by Gasteiger charge is -2.35. The van der Waals surface area contributed by atoms with E-state index in [4.69, 9.17) is 0 Å². The number of carbonyl (C=O) groups excluding carboxylic acids is 1. The van der Waals surface area contributed by atoms with E-state index in [9.17, 15) is 9.18 Å². The molecule has 1 aliphatic heterocycles. The molecule has 1 aromatic carbocycles. The molecule has 5 heteroatoms. The Labute approximate surface area is 125 Å². The van der Waals surface area contributed by atoms with Crippen molar-refractivity contribution in [3.05, 3.63) is 29.6 Å². The summed E-state index contributed by atoms with van der Waals surface area (Å²) in [5.74, 6) is -1.20. The lowest BCUT2D eigenvalue weighted by atomic mass is 10.0. The van der Waals surface area contributed by atoms with Gasteiger partial charge in [0.25, 0.3) is 0 Å². The summed E-state index contributed by atoms with van der Waals surface area (Å²) in [6.07, 6.45) is 2.09. The average Bonchev–Trinajstić information content (AvgIpc) is 2.49. The summed E-state index contributed by atoms with van der Waals surface area (Å²) in [6, 6.07) is 5.42. The molecule has 0 unspecified atom stereocenters. The van der Waals surface area contributed by atoms with Crippen LogP contribution in [0, 0.1) is 5.82 Å². The molecule has 0 saturated carbocycles. The van der Waals surface area contributed by atoms with Gasteiger partial charge in [-0.15, -0.1) is 0 Å². The molecule has 1 N–H and O–H groups in total. The molecule has 116 valence electrons. The van der Waals surface area contributed by atoms with Crippen molar-refractivity contribution in [3.8, 4) is 0 Å². The number of piperidine rings is 1. The van der Waals surface area contributed by atoms with E-state index in [0.717, 1.165) is 31.6 Å². The van der Waals surface area contributed by atoms with Gasteiger partial charge >= 0.3 is 5.97 Å². The van der Waals surface area contributed by atoms with Crippen molar-refractivity contribution in [1.82, 2.24) is 4.90 Å². The van der Waals surface area contributed by atoms with Crippen LogP contribution in [0.3, 0.4) is 0 Å². The number of nitrogens with one attached hydrogen (secondary N) is 1. The molecule has 1 heterocycles. The number of methoxy groups -OCH3 is 1. The van der Waals surface area contributed by atoms with Crippen LogP contribution in [0.25, 0.3) is 0 Å². The number of halogens is 1. The summed E-state index contributed by atoms with van der Waals surface area (Å²) < 4.78 is 18.2. The van der Waals surface area contributed by atoms with Gasteiger partial charge in [0.1, 0.15) is 5.82 Å². The summed E-state index contributed by atoms with van der Waals surface area (Å²) in [5, 5.41) is 3.39. The first kappa shape index (κ1) is 15.8. The van der Waals surface area contributed by atoms with Crippen molar-refractivity contribution in [1.29, 1.82) is 0 Å². The first-order chi connectivity index (χ1) is 10.0. The van der Waals surface area contributed by atoms with Gasteiger partial charge in [0.2, 0.25) is 0 Å². The summed E-state index contributed by atoms with van der Waals surface area (Å²) in [5.41, 5.74) is 0.738. The highest BCUT2D eigenvalue weighted by Gasteiger charge is 2.21. The quantitative estimate of drug-likeness (QED) is 0.867. The normalized spacial score (nSPS) is 17.0. The van der Waals surface area contributed by atoms with Gasteiger partial charge in [-0.2, -0.15) is 0 Å². The first-order valence-electron chi connectivity index (χ1n) is 7.39. The molecule has 1 saturated heterocycles. The summed E-state index contributed by atoms with van der Waals surface area (Å²) in [4.78, 5) is 13.9. The van der Waals surface area contributed by atoms with Crippen LogP contribution < -0.4 is 5.32 Å². The van der Waals surface area contributed by atoms with Crippen LogP contribution in [0.4, 0.5) is 10.1 Å². The first-order valence-corrected chi connectivity index (χ1v) is 7.39. The third-order valence-electron chi connectivity index (χ3n) is 4.00. The van der Waals surface area contributed by atoms with Gasteiger partial charge in [0.05, 0.1) is 12.7 Å². The largest absolute Gasteiger partial charge is 0.465 e. The summed E-state index contributed by atoms with van der Waals surface area (Å²) >= 11 is 0. The molecule has 0 bridgehead atoms. The minimum Gasteiger partial charge on any atom is -0.465 e. The number of nitrogens with zero attached hydrogens (tertiary/aromatic N) is 1. The number of rotatable bonds is 4. The van der Waals surface area contributed by atoms with Crippen molar-refractivity contribution in [2.45, 2.75) is 38.8 Å². The summed E-state index contributed by atoms with van der Waals surface area (Å²) in [7, 11) is 1.25. The van der Waals surface area contributed by atoms with Gasteiger partial charge in [0, 0.05) is 30.9 Å². The fraction of sp³-hybridized carbons (Fsp3) is 0.562. The number of benzene rings is 1. The monoisotopic (exact) mass is 294 g/mol. The van der Waals surface area contributed by atoms with Gasteiger partial charge in [0.15, 0.2) is 0 Å². The smallest absolute Gasteiger partial charge is 0.340 e. The number of ether oxygens (including phenoxy) is 1. The van der Waals surface area contributed by atoms with E-state index in [0.29, 0.717) is 12.1 Å². The summed E-state index contributed by atoms with van der Waals surface area (Å²) in [6.45, 7) is 6.52. The Bertz CT molecular complexity index is 497. The second-order valence-electron chi connectivity index (χ2n) is 5.73. The third-order valence-corrected chi connectivity index (χ3v) is 4.00. The minimum atomic E-state index is -0.647. The molecule has 0 spiro atoms. The molecule has 1 aromatic rings. The van der Waals surface area contributed by atoms with Crippen LogP contribution in [-0.4, -0.2) is 43.2 Å². The van der Waals surface area contributed by atoms with E-state index in [2.05, 4.69) is 28.8 Å². The zero-order chi connectivity index (χ0) is 15.4. The predicted molar refractivity (Wildman–Crippen MR) is 81.1 cm³/mol. The number of carbonyl (C=O) groups is 1. The molecular weight excluding hydrogens is 271 g/mol. The Morgan fingerprint density at radius 2 is 2.05 bits per heavy atom. The van der Waals surface area contributed by atoms with E-state index >= 15 is 0 Å². The van der Waals surface area contributed by atoms with Gasteiger partial charge < -0.3 is 15.0 Å². The van der Waals surface area contributed by atoms with Gasteiger partial charge in [-0.1, -0.05) is 0 Å². The average molecular weight is 294 g/mol. The standard InChI is InChI=1S/C16H23FN2O2/c1-11(2)19-8-6-12(7-9-19)18-13-4-5-15(17)14(10-13)16(20)21-3/h4-5,10-12,18H,6-9H2,1-3H3. The highest BCUT2D eigenvalue weighted by atomic mass is 19.1. The van der Waals surface area contributed by atoms with Crippen molar-refractivity contribution < 1.29 is 13.9 Å². The van der Waals surface area contributed by atoms with Crippen molar-refractivity contribution in [2.75, 3.05) is 25.5 Å². The molecule has 4 nitrogen and oxygen atoms in total. The zero-order valence-electron chi connectivity index (χ0n) is 12.9. The highest BCUT2D eigenvalue weighted by Crippen LogP contribution is 2.20. The van der Waals surface area contributed by atoms with E-state index in [1.165, 1.54) is 19.2 Å². The van der Waals surface area contributed by atoms with Gasteiger partial charge in [-0.3, -0.25) is 0 Å². The maximum Gasteiger partial charge on any atom is 0.340 e. The Hall–Kier alpha value is -1.62. The number of esters is 1. The Balaban J connectivity index is 1.99. The number of anilines is 1. The Kier molecular flexibility index (Phi) is 5.17. The molecule has 1 aliphatic rings. The van der Waals surface area contributed by atoms with Crippen LogP contribution in [0.1, 0.15) is 37.0 Å². The highest BCUT2D eigenvalue weighted by molar-refractivity contribution is 5.90. The minimum absolute atomic E-state index is 0.0258. The molecule has 0 amide bonds. The van der Waals surface area contributed by atoms with Crippen LogP contribution in [0.15, 0.2) is 18.2 Å². The van der Waals surface area contributed by atoms with Crippen LogP contribution in [-0.2, 0) is 4.74 Å². The van der Waals surface area contributed by atoms with Crippen molar-refractivity contribution in [3.63, 3.8) is 0 Å². The van der Waals surface area contributed by atoms with E-state index in [-0.39, 0.29) is 5.56 Å². The third kappa shape index (κ3) is 3.94. The zero-order valence-corrected chi connectivity index (χ0v) is 12.9. The second kappa shape index (κ2) is 6.89. The molecule has 2 rings (SSSR count). The number of hydrogen-bond acceptors (Lipinski definition) is 4. The van der Waals surface area contributed by atoms with Crippen LogP contribution in [0.5, 0.6) is 0 Å². The van der Waals surface area contributed by atoms with Crippen LogP contribution >= 0.6 is 0 Å². The lowest BCUT2D eigenvalue weighted by molar-refractivity contribution is 0.0595. The Morgan fingerprint density at radius 3 is 2.62 bits per heavy atom.